The van der Waals surface area contributed by atoms with Gasteiger partial charge in [-0.05, 0) is 42.2 Å². The van der Waals surface area contributed by atoms with Crippen LogP contribution in [0.25, 0.3) is 0 Å². The number of benzene rings is 1. The number of aryl methyl sites for hydroxylation is 1. The number of halogens is 1. The standard InChI is InChI=1S/C20H29FO3.C13H26/c1-2-3-4-5-15-6-8-16(9-7-15)10-11-17-12-13-18(14-19(17)21)24-20(22)23;1-2-3-4-5-7-10-13-11-8-6-9-12-13/h12-16H,2-11H2,1H3,(H,22,23);13H,2-12H2,1H3. The first-order chi connectivity index (χ1) is 18.0. The molecule has 2 aliphatic carbocycles. The molecule has 4 heteroatoms. The Morgan fingerprint density at radius 2 is 1.32 bits per heavy atom. The highest BCUT2D eigenvalue weighted by atomic mass is 19.1. The van der Waals surface area contributed by atoms with Crippen molar-refractivity contribution >= 4 is 6.16 Å². The number of rotatable bonds is 14. The molecule has 2 fully saturated rings. The van der Waals surface area contributed by atoms with Gasteiger partial charge in [0.15, 0.2) is 0 Å². The highest BCUT2D eigenvalue weighted by Gasteiger charge is 2.21. The van der Waals surface area contributed by atoms with Crippen molar-refractivity contribution in [2.75, 3.05) is 0 Å². The predicted octanol–water partition coefficient (Wildman–Crippen LogP) is 11.1. The van der Waals surface area contributed by atoms with Gasteiger partial charge in [-0.3, -0.25) is 0 Å². The highest BCUT2D eigenvalue weighted by Crippen LogP contribution is 2.34. The van der Waals surface area contributed by atoms with Crippen LogP contribution in [0, 0.1) is 23.6 Å². The quantitative estimate of drug-likeness (QED) is 0.151. The van der Waals surface area contributed by atoms with E-state index in [-0.39, 0.29) is 11.6 Å². The minimum atomic E-state index is -1.42. The fraction of sp³-hybridized carbons (Fsp3) is 0.788. The maximum Gasteiger partial charge on any atom is 0.511 e. The molecule has 1 aromatic carbocycles. The van der Waals surface area contributed by atoms with Crippen LogP contribution < -0.4 is 4.74 Å². The summed E-state index contributed by atoms with van der Waals surface area (Å²) in [5, 5.41) is 8.55. The van der Waals surface area contributed by atoms with E-state index in [1.165, 1.54) is 128 Å². The summed E-state index contributed by atoms with van der Waals surface area (Å²) in [6.45, 7) is 4.54. The van der Waals surface area contributed by atoms with Crippen molar-refractivity contribution in [2.45, 2.75) is 149 Å². The first kappa shape index (κ1) is 31.6. The Balaban J connectivity index is 0.000000312. The van der Waals surface area contributed by atoms with Gasteiger partial charge < -0.3 is 9.84 Å². The van der Waals surface area contributed by atoms with Crippen molar-refractivity contribution < 1.29 is 19.0 Å². The summed E-state index contributed by atoms with van der Waals surface area (Å²) in [7, 11) is 0. The fourth-order valence-electron chi connectivity index (χ4n) is 6.26. The Hall–Kier alpha value is -1.58. The maximum absolute atomic E-state index is 14.0. The van der Waals surface area contributed by atoms with Gasteiger partial charge in [-0.1, -0.05) is 142 Å². The Kier molecular flexibility index (Phi) is 16.7. The lowest BCUT2D eigenvalue weighted by Crippen LogP contribution is -2.15. The van der Waals surface area contributed by atoms with Gasteiger partial charge in [0.2, 0.25) is 0 Å². The number of unbranched alkanes of at least 4 members (excludes halogenated alkanes) is 6. The molecule has 2 aliphatic rings. The second-order valence-corrected chi connectivity index (χ2v) is 11.7. The average Bonchev–Trinajstić information content (AvgIpc) is 2.90. The summed E-state index contributed by atoms with van der Waals surface area (Å²) in [5.41, 5.74) is 0.651. The third kappa shape index (κ3) is 14.2. The SMILES string of the molecule is CCCCCC1CCC(CCc2ccc(OC(=O)O)cc2F)CC1.CCCCCCCC1CCCCC1. The largest absolute Gasteiger partial charge is 0.511 e. The van der Waals surface area contributed by atoms with Gasteiger partial charge >= 0.3 is 6.16 Å². The third-order valence-corrected chi connectivity index (χ3v) is 8.67. The van der Waals surface area contributed by atoms with E-state index >= 15 is 0 Å². The molecule has 2 saturated carbocycles. The Morgan fingerprint density at radius 3 is 1.92 bits per heavy atom. The molecule has 3 nitrogen and oxygen atoms in total. The van der Waals surface area contributed by atoms with Gasteiger partial charge in [-0.15, -0.1) is 0 Å². The highest BCUT2D eigenvalue weighted by molar-refractivity contribution is 5.61. The summed E-state index contributed by atoms with van der Waals surface area (Å²) in [5.74, 6) is 2.37. The lowest BCUT2D eigenvalue weighted by Gasteiger charge is -2.28. The minimum Gasteiger partial charge on any atom is -0.449 e. The van der Waals surface area contributed by atoms with Gasteiger partial charge in [0.05, 0.1) is 0 Å². The molecule has 0 amide bonds. The lowest BCUT2D eigenvalue weighted by molar-refractivity contribution is 0.144. The zero-order valence-electron chi connectivity index (χ0n) is 24.0. The van der Waals surface area contributed by atoms with Crippen LogP contribution >= 0.6 is 0 Å². The molecule has 0 aliphatic heterocycles. The van der Waals surface area contributed by atoms with E-state index in [0.29, 0.717) is 17.9 Å². The van der Waals surface area contributed by atoms with E-state index in [9.17, 15) is 9.18 Å². The number of hydrogen-bond donors (Lipinski definition) is 1. The summed E-state index contributed by atoms with van der Waals surface area (Å²) < 4.78 is 18.5. The molecule has 0 heterocycles. The smallest absolute Gasteiger partial charge is 0.449 e. The summed E-state index contributed by atoms with van der Waals surface area (Å²) in [6.07, 6.45) is 27.3. The van der Waals surface area contributed by atoms with Gasteiger partial charge in [-0.25, -0.2) is 9.18 Å². The zero-order chi connectivity index (χ0) is 26.7. The van der Waals surface area contributed by atoms with Gasteiger partial charge in [0.25, 0.3) is 0 Å². The molecule has 0 aromatic heterocycles. The molecule has 37 heavy (non-hydrogen) atoms. The molecule has 1 aromatic rings. The van der Waals surface area contributed by atoms with Crippen molar-refractivity contribution in [3.8, 4) is 5.75 Å². The van der Waals surface area contributed by atoms with Crippen LogP contribution in [0.4, 0.5) is 9.18 Å². The molecule has 0 unspecified atom stereocenters. The molecule has 0 spiro atoms. The fourth-order valence-corrected chi connectivity index (χ4v) is 6.26. The van der Waals surface area contributed by atoms with Crippen molar-refractivity contribution in [2.24, 2.45) is 17.8 Å². The van der Waals surface area contributed by atoms with Crippen molar-refractivity contribution in [3.63, 3.8) is 0 Å². The average molecular weight is 519 g/mol. The van der Waals surface area contributed by atoms with E-state index in [1.807, 2.05) is 0 Å². The molecule has 3 rings (SSSR count). The van der Waals surface area contributed by atoms with E-state index in [1.54, 1.807) is 6.07 Å². The molecule has 0 bridgehead atoms. The summed E-state index contributed by atoms with van der Waals surface area (Å²) in [6, 6.07) is 4.33. The monoisotopic (exact) mass is 518 g/mol. The zero-order valence-corrected chi connectivity index (χ0v) is 24.0. The Morgan fingerprint density at radius 1 is 0.784 bits per heavy atom. The molecular weight excluding hydrogens is 463 g/mol. The van der Waals surface area contributed by atoms with Crippen LogP contribution in [0.15, 0.2) is 18.2 Å². The first-order valence-electron chi connectivity index (χ1n) is 15.7. The van der Waals surface area contributed by atoms with Gasteiger partial charge in [0.1, 0.15) is 11.6 Å². The Labute approximate surface area is 227 Å². The van der Waals surface area contributed by atoms with E-state index in [0.717, 1.165) is 24.3 Å². The second-order valence-electron chi connectivity index (χ2n) is 11.7. The third-order valence-electron chi connectivity index (χ3n) is 8.67. The number of carbonyl (C=O) groups is 1. The lowest BCUT2D eigenvalue weighted by atomic mass is 9.78. The summed E-state index contributed by atoms with van der Waals surface area (Å²) in [4.78, 5) is 10.5. The molecule has 0 saturated heterocycles. The number of carboxylic acid groups (broad SMARTS) is 1. The summed E-state index contributed by atoms with van der Waals surface area (Å²) >= 11 is 0. The van der Waals surface area contributed by atoms with Gasteiger partial charge in [0, 0.05) is 6.07 Å². The first-order valence-corrected chi connectivity index (χ1v) is 15.7. The van der Waals surface area contributed by atoms with E-state index < -0.39 is 6.16 Å². The van der Waals surface area contributed by atoms with Crippen LogP contribution in [-0.4, -0.2) is 11.3 Å². The van der Waals surface area contributed by atoms with Crippen molar-refractivity contribution in [1.29, 1.82) is 0 Å². The number of ether oxygens (including phenoxy) is 1. The molecule has 1 N–H and O–H groups in total. The number of hydrogen-bond acceptors (Lipinski definition) is 2. The minimum absolute atomic E-state index is 0.0383. The molecule has 0 radical (unpaired) electrons. The van der Waals surface area contributed by atoms with Gasteiger partial charge in [-0.2, -0.15) is 0 Å². The van der Waals surface area contributed by atoms with E-state index in [4.69, 9.17) is 5.11 Å². The van der Waals surface area contributed by atoms with Crippen LogP contribution in [0.1, 0.15) is 148 Å². The molecule has 212 valence electrons. The van der Waals surface area contributed by atoms with Crippen molar-refractivity contribution in [3.05, 3.63) is 29.6 Å². The molecular formula is C33H55FO3. The van der Waals surface area contributed by atoms with Crippen LogP contribution in [0.3, 0.4) is 0 Å². The normalized spacial score (nSPS) is 20.2. The van der Waals surface area contributed by atoms with Crippen LogP contribution in [0.2, 0.25) is 0 Å². The van der Waals surface area contributed by atoms with Crippen LogP contribution in [0.5, 0.6) is 5.75 Å². The topological polar surface area (TPSA) is 46.5 Å². The predicted molar refractivity (Wildman–Crippen MR) is 153 cm³/mol. The van der Waals surface area contributed by atoms with Crippen molar-refractivity contribution in [1.82, 2.24) is 0 Å². The Bertz CT molecular complexity index is 720. The maximum atomic E-state index is 14.0. The van der Waals surface area contributed by atoms with E-state index in [2.05, 4.69) is 18.6 Å². The van der Waals surface area contributed by atoms with Crippen LogP contribution in [-0.2, 0) is 6.42 Å². The molecule has 0 atom stereocenters. The second kappa shape index (κ2) is 19.5.